The molecule has 0 unspecified atom stereocenters. The van der Waals surface area contributed by atoms with Crippen molar-refractivity contribution in [3.05, 3.63) is 18.5 Å². The summed E-state index contributed by atoms with van der Waals surface area (Å²) in [5, 5.41) is 3.65. The fourth-order valence-corrected chi connectivity index (χ4v) is 0.267. The summed E-state index contributed by atoms with van der Waals surface area (Å²) in [7, 11) is 1.80. The Labute approximate surface area is 88.2 Å². The van der Waals surface area contributed by atoms with E-state index in [1.54, 1.807) is 17.8 Å². The van der Waals surface area contributed by atoms with E-state index in [4.69, 9.17) is 0 Å². The third-order valence-electron chi connectivity index (χ3n) is 0.524. The van der Waals surface area contributed by atoms with Crippen molar-refractivity contribution < 1.29 is 53.8 Å². The third-order valence-corrected chi connectivity index (χ3v) is 0.524. The molecule has 1 rings (SSSR count). The van der Waals surface area contributed by atoms with Gasteiger partial charge >= 0.3 is 0 Å². The van der Waals surface area contributed by atoms with Crippen LogP contribution in [0.5, 0.6) is 0 Å². The number of hydrogen-bond acceptors (Lipinski definition) is 1. The van der Waals surface area contributed by atoms with Crippen LogP contribution in [0.2, 0.25) is 0 Å². The molecule has 0 aliphatic carbocycles. The van der Waals surface area contributed by atoms with E-state index in [1.165, 1.54) is 0 Å². The largest absolute Gasteiger partial charge is 0.487 e. The van der Waals surface area contributed by atoms with Gasteiger partial charge < -0.3 is 28.2 Å². The van der Waals surface area contributed by atoms with E-state index in [-0.39, 0.29) is 53.8 Å². The first-order chi connectivity index (χ1) is 2.89. The Morgan fingerprint density at radius 2 is 2.25 bits per heavy atom. The molecule has 1 heterocycles. The number of nitrogens with zero attached hydrogens (tertiary/aromatic N) is 2. The zero-order chi connectivity index (χ0) is 4.41. The van der Waals surface area contributed by atoms with Gasteiger partial charge in [-0.2, -0.15) is 0 Å². The molecule has 41 valence electrons. The topological polar surface area (TPSA) is 17.8 Å². The van der Waals surface area contributed by atoms with Crippen LogP contribution in [-0.4, -0.2) is 9.78 Å². The molecule has 2 nitrogen and oxygen atoms in total. The Hall–Kier alpha value is 1.00. The van der Waals surface area contributed by atoms with E-state index in [2.05, 4.69) is 17.5 Å². The third kappa shape index (κ3) is 3.94. The molecular weight excluding hydrogens is 349 g/mol. The van der Waals surface area contributed by atoms with Crippen LogP contribution in [0.1, 0.15) is 0 Å². The van der Waals surface area contributed by atoms with Crippen molar-refractivity contribution in [3.8, 4) is 0 Å². The number of aromatic nitrogens is 2. The molecule has 0 amide bonds. The summed E-state index contributed by atoms with van der Waals surface area (Å²) in [4.78, 5) is 0. The van der Waals surface area contributed by atoms with Crippen molar-refractivity contribution in [3.63, 3.8) is 0 Å². The first-order valence-corrected chi connectivity index (χ1v) is 1.67. The van der Waals surface area contributed by atoms with Crippen molar-refractivity contribution in [2.75, 3.05) is 0 Å². The molecule has 0 atom stereocenters. The van der Waals surface area contributed by atoms with Gasteiger partial charge in [-0.1, -0.05) is 0 Å². The summed E-state index contributed by atoms with van der Waals surface area (Å²) in [5.74, 6) is 0. The normalized spacial score (nSPS) is 6.62. The molecule has 0 fully saturated rings. The molecule has 0 aliphatic heterocycles. The van der Waals surface area contributed by atoms with Gasteiger partial charge in [0.2, 0.25) is 0 Å². The van der Waals surface area contributed by atoms with Gasteiger partial charge in [-0.05, 0) is 7.05 Å². The maximum atomic E-state index is 3.65. The average Bonchev–Trinajstić information content (AvgIpc) is 1.86. The predicted octanol–water partition coefficient (Wildman–Crippen LogP) is 0.0155. The molecule has 1 aromatic heterocycles. The van der Waals surface area contributed by atoms with Gasteiger partial charge in [-0.25, -0.2) is 0 Å². The van der Waals surface area contributed by atoms with Gasteiger partial charge in [0.05, 0.1) is 0 Å². The molecule has 0 saturated carbocycles. The molecule has 0 spiro atoms. The molecule has 0 bridgehead atoms. The summed E-state index contributed by atoms with van der Waals surface area (Å²) in [5.41, 5.74) is 0. The summed E-state index contributed by atoms with van der Waals surface area (Å²) in [6, 6.07) is 1.64. The van der Waals surface area contributed by atoms with Crippen molar-refractivity contribution in [1.82, 2.24) is 9.78 Å². The van der Waals surface area contributed by atoms with Gasteiger partial charge in [0.25, 0.3) is 0 Å². The van der Waals surface area contributed by atoms with Gasteiger partial charge in [0.1, 0.15) is 0 Å². The SMILES string of the molecule is Cn1[c-]c[c-]n1.[W].[Y]. The monoisotopic (exact) mass is 353 g/mol. The van der Waals surface area contributed by atoms with E-state index in [0.29, 0.717) is 0 Å². The van der Waals surface area contributed by atoms with Gasteiger partial charge in [-0.15, -0.1) is 0 Å². The molecule has 0 N–H and O–H groups in total. The zero-order valence-corrected chi connectivity index (χ0v) is 10.2. The number of hydrogen-bond donors (Lipinski definition) is 0. The maximum Gasteiger partial charge on any atom is 0 e. The molecule has 0 aliphatic rings. The molecule has 8 heavy (non-hydrogen) atoms. The molecule has 4 heteroatoms. The van der Waals surface area contributed by atoms with Crippen LogP contribution >= 0.6 is 0 Å². The van der Waals surface area contributed by atoms with Crippen LogP contribution in [-0.2, 0) is 60.8 Å². The van der Waals surface area contributed by atoms with Crippen LogP contribution in [0.25, 0.3) is 0 Å². The smallest absolute Gasteiger partial charge is 0 e. The molecule has 1 radical (unpaired) electrons. The van der Waals surface area contributed by atoms with Crippen molar-refractivity contribution in [2.24, 2.45) is 7.05 Å². The van der Waals surface area contributed by atoms with E-state index < -0.39 is 0 Å². The van der Waals surface area contributed by atoms with Crippen LogP contribution < -0.4 is 0 Å². The average molecular weight is 353 g/mol. The van der Waals surface area contributed by atoms with Gasteiger partial charge in [0, 0.05) is 53.8 Å². The second kappa shape index (κ2) is 6.13. The van der Waals surface area contributed by atoms with E-state index in [0.717, 1.165) is 0 Å². The Morgan fingerprint density at radius 3 is 2.38 bits per heavy atom. The van der Waals surface area contributed by atoms with Crippen LogP contribution in [0.3, 0.4) is 0 Å². The fourth-order valence-electron chi connectivity index (χ4n) is 0.267. The van der Waals surface area contributed by atoms with E-state index >= 15 is 0 Å². The summed E-state index contributed by atoms with van der Waals surface area (Å²) in [6.45, 7) is 0. The Balaban J connectivity index is 0. The molecule has 0 aromatic carbocycles. The van der Waals surface area contributed by atoms with Crippen molar-refractivity contribution in [2.45, 2.75) is 0 Å². The first kappa shape index (κ1) is 11.8. The summed E-state index contributed by atoms with van der Waals surface area (Å²) in [6.07, 6.45) is 5.34. The maximum absolute atomic E-state index is 3.65. The minimum absolute atomic E-state index is 0. The molecule has 1 aromatic rings. The zero-order valence-electron chi connectivity index (χ0n) is 4.46. The molecular formula is C4H4N2WY-2. The van der Waals surface area contributed by atoms with E-state index in [1.807, 2.05) is 0 Å². The minimum Gasteiger partial charge on any atom is -0.487 e. The van der Waals surface area contributed by atoms with Gasteiger partial charge in [-0.3, -0.25) is 0 Å². The van der Waals surface area contributed by atoms with E-state index in [9.17, 15) is 0 Å². The Morgan fingerprint density at radius 1 is 1.62 bits per heavy atom. The quantitative estimate of drug-likeness (QED) is 0.602. The first-order valence-electron chi connectivity index (χ1n) is 1.67. The Kier molecular flexibility index (Phi) is 9.00. The second-order valence-electron chi connectivity index (χ2n) is 1.03. The van der Waals surface area contributed by atoms with Crippen LogP contribution in [0, 0.1) is 12.4 Å². The number of aryl methyl sites for hydroxylation is 1. The number of rotatable bonds is 0. The van der Waals surface area contributed by atoms with Crippen LogP contribution in [0.4, 0.5) is 0 Å². The van der Waals surface area contributed by atoms with Gasteiger partial charge in [0.15, 0.2) is 0 Å². The standard InChI is InChI=1S/C4H4N2.W.Y/c1-6-4-2-3-5-6;;/h2H,1H3;;/q-2;;. The van der Waals surface area contributed by atoms with Crippen LogP contribution in [0.15, 0.2) is 6.07 Å². The van der Waals surface area contributed by atoms with Crippen molar-refractivity contribution >= 4 is 0 Å². The summed E-state index contributed by atoms with van der Waals surface area (Å²) < 4.78 is 1.57. The minimum atomic E-state index is 0. The Bertz CT molecular complexity index is 118. The predicted molar refractivity (Wildman–Crippen MR) is 20.9 cm³/mol. The fraction of sp³-hybridized carbons (Fsp3) is 0.250. The summed E-state index contributed by atoms with van der Waals surface area (Å²) >= 11 is 0. The molecule has 0 saturated heterocycles. The van der Waals surface area contributed by atoms with Crippen molar-refractivity contribution in [1.29, 1.82) is 0 Å². The second-order valence-corrected chi connectivity index (χ2v) is 1.03.